The fourth-order valence-corrected chi connectivity index (χ4v) is 3.33. The monoisotopic (exact) mass is 332 g/mol. The summed E-state index contributed by atoms with van der Waals surface area (Å²) in [5.74, 6) is 1.00. The molecule has 0 fully saturated rings. The highest BCUT2D eigenvalue weighted by Crippen LogP contribution is 2.34. The Morgan fingerprint density at radius 1 is 1.22 bits per heavy atom. The third kappa shape index (κ3) is 5.10. The smallest absolute Gasteiger partial charge is 0.217 e. The summed E-state index contributed by atoms with van der Waals surface area (Å²) in [5, 5.41) is 9.79. The highest BCUT2D eigenvalue weighted by atomic mass is 32.2. The van der Waals surface area contributed by atoms with Crippen LogP contribution in [0.5, 0.6) is 0 Å². The van der Waals surface area contributed by atoms with Gasteiger partial charge in [-0.3, -0.25) is 4.79 Å². The molecular weight excluding hydrogens is 308 g/mol. The Kier molecular flexibility index (Phi) is 6.21. The van der Waals surface area contributed by atoms with E-state index in [0.717, 1.165) is 17.5 Å². The van der Waals surface area contributed by atoms with Crippen molar-refractivity contribution in [3.8, 4) is 0 Å². The zero-order valence-corrected chi connectivity index (χ0v) is 14.7. The second-order valence-corrected chi connectivity index (χ2v) is 7.35. The lowest BCUT2D eigenvalue weighted by atomic mass is 10.2. The van der Waals surface area contributed by atoms with Gasteiger partial charge in [-0.25, -0.2) is 0 Å². The summed E-state index contributed by atoms with van der Waals surface area (Å²) in [4.78, 5) is 11.0. The highest BCUT2D eigenvalue weighted by Gasteiger charge is 2.17. The first kappa shape index (κ1) is 17.5. The van der Waals surface area contributed by atoms with Gasteiger partial charge >= 0.3 is 0 Å². The summed E-state index contributed by atoms with van der Waals surface area (Å²) in [5.41, 5.74) is 6.51. The van der Waals surface area contributed by atoms with Gasteiger partial charge in [0.25, 0.3) is 0 Å². The van der Waals surface area contributed by atoms with E-state index in [0.29, 0.717) is 18.8 Å². The Hall–Kier alpha value is -1.82. The molecule has 1 heterocycles. The van der Waals surface area contributed by atoms with Gasteiger partial charge in [0.15, 0.2) is 5.16 Å². The number of nitrogens with two attached hydrogens (primary N) is 1. The van der Waals surface area contributed by atoms with Gasteiger partial charge in [0, 0.05) is 24.6 Å². The van der Waals surface area contributed by atoms with Gasteiger partial charge in [-0.2, -0.15) is 0 Å². The molecule has 1 amide bonds. The predicted molar refractivity (Wildman–Crippen MR) is 93.1 cm³/mol. The first-order chi connectivity index (χ1) is 11.0. The Morgan fingerprint density at radius 3 is 2.52 bits per heavy atom. The van der Waals surface area contributed by atoms with Gasteiger partial charge < -0.3 is 10.3 Å². The van der Waals surface area contributed by atoms with E-state index in [1.807, 2.05) is 18.2 Å². The Labute approximate surface area is 141 Å². The van der Waals surface area contributed by atoms with Crippen molar-refractivity contribution in [3.05, 3.63) is 41.7 Å². The second kappa shape index (κ2) is 8.15. The molecule has 0 bridgehead atoms. The predicted octanol–water partition coefficient (Wildman–Crippen LogP) is 3.21. The molecule has 1 aromatic heterocycles. The SMILES string of the molecule is CC(C)Cn1c(CCC(N)=O)nnc1SC(C)c1ccccc1. The van der Waals surface area contributed by atoms with Crippen molar-refractivity contribution in [1.29, 1.82) is 0 Å². The number of carbonyl (C=O) groups excluding carboxylic acids is 1. The molecule has 0 saturated heterocycles. The van der Waals surface area contributed by atoms with Crippen LogP contribution in [0.4, 0.5) is 0 Å². The van der Waals surface area contributed by atoms with E-state index in [-0.39, 0.29) is 11.2 Å². The maximum absolute atomic E-state index is 11.0. The molecule has 2 N–H and O–H groups in total. The van der Waals surface area contributed by atoms with Crippen LogP contribution in [0.3, 0.4) is 0 Å². The lowest BCUT2D eigenvalue weighted by Gasteiger charge is -2.15. The zero-order chi connectivity index (χ0) is 16.8. The van der Waals surface area contributed by atoms with Crippen molar-refractivity contribution >= 4 is 17.7 Å². The molecule has 0 aliphatic rings. The number of carbonyl (C=O) groups is 1. The van der Waals surface area contributed by atoms with Gasteiger partial charge in [0.1, 0.15) is 5.82 Å². The number of aromatic nitrogens is 3. The molecule has 23 heavy (non-hydrogen) atoms. The van der Waals surface area contributed by atoms with E-state index < -0.39 is 0 Å². The number of rotatable bonds is 8. The van der Waals surface area contributed by atoms with E-state index >= 15 is 0 Å². The molecule has 1 atom stereocenters. The molecule has 0 aliphatic carbocycles. The molecule has 0 spiro atoms. The largest absolute Gasteiger partial charge is 0.370 e. The normalized spacial score (nSPS) is 12.5. The van der Waals surface area contributed by atoms with Crippen LogP contribution < -0.4 is 5.73 Å². The van der Waals surface area contributed by atoms with E-state index in [2.05, 4.69) is 47.7 Å². The highest BCUT2D eigenvalue weighted by molar-refractivity contribution is 7.99. The molecular formula is C17H24N4OS. The minimum Gasteiger partial charge on any atom is -0.370 e. The van der Waals surface area contributed by atoms with Crippen molar-refractivity contribution in [2.75, 3.05) is 0 Å². The molecule has 6 heteroatoms. The summed E-state index contributed by atoms with van der Waals surface area (Å²) in [6, 6.07) is 10.3. The van der Waals surface area contributed by atoms with Crippen molar-refractivity contribution in [3.63, 3.8) is 0 Å². The number of amides is 1. The van der Waals surface area contributed by atoms with Gasteiger partial charge in [0.05, 0.1) is 0 Å². The van der Waals surface area contributed by atoms with Crippen molar-refractivity contribution in [1.82, 2.24) is 14.8 Å². The van der Waals surface area contributed by atoms with Crippen LogP contribution in [0, 0.1) is 5.92 Å². The number of hydrogen-bond acceptors (Lipinski definition) is 4. The fraction of sp³-hybridized carbons (Fsp3) is 0.471. The van der Waals surface area contributed by atoms with Crippen molar-refractivity contribution in [2.45, 2.75) is 50.6 Å². The Balaban J connectivity index is 2.18. The lowest BCUT2D eigenvalue weighted by molar-refractivity contribution is -0.118. The maximum Gasteiger partial charge on any atom is 0.217 e. The maximum atomic E-state index is 11.0. The number of hydrogen-bond donors (Lipinski definition) is 1. The molecule has 124 valence electrons. The average Bonchev–Trinajstić information content (AvgIpc) is 2.87. The number of benzene rings is 1. The summed E-state index contributed by atoms with van der Waals surface area (Å²) >= 11 is 1.69. The van der Waals surface area contributed by atoms with Crippen LogP contribution >= 0.6 is 11.8 Å². The zero-order valence-electron chi connectivity index (χ0n) is 13.9. The molecule has 2 rings (SSSR count). The minimum absolute atomic E-state index is 0.287. The van der Waals surface area contributed by atoms with Crippen molar-refractivity contribution in [2.24, 2.45) is 11.7 Å². The summed E-state index contributed by atoms with van der Waals surface area (Å²) in [6.45, 7) is 7.32. The quantitative estimate of drug-likeness (QED) is 0.753. The van der Waals surface area contributed by atoms with Crippen LogP contribution in [0.2, 0.25) is 0 Å². The van der Waals surface area contributed by atoms with Gasteiger partial charge in [0.2, 0.25) is 5.91 Å². The number of thioether (sulfide) groups is 1. The summed E-state index contributed by atoms with van der Waals surface area (Å²) in [6.07, 6.45) is 0.838. The first-order valence-corrected chi connectivity index (χ1v) is 8.77. The average molecular weight is 332 g/mol. The second-order valence-electron chi connectivity index (χ2n) is 6.04. The van der Waals surface area contributed by atoms with E-state index in [1.165, 1.54) is 5.56 Å². The van der Waals surface area contributed by atoms with Crippen LogP contribution in [-0.4, -0.2) is 20.7 Å². The number of aryl methyl sites for hydroxylation is 1. The molecule has 0 saturated carbocycles. The van der Waals surface area contributed by atoms with Gasteiger partial charge in [-0.05, 0) is 18.4 Å². The van der Waals surface area contributed by atoms with Gasteiger partial charge in [-0.15, -0.1) is 10.2 Å². The fourth-order valence-electron chi connectivity index (χ4n) is 2.32. The molecule has 0 aliphatic heterocycles. The molecule has 1 unspecified atom stereocenters. The standard InChI is InChI=1S/C17H24N4OS/c1-12(2)11-21-16(10-9-15(18)22)19-20-17(21)23-13(3)14-7-5-4-6-8-14/h4-8,12-13H,9-11H2,1-3H3,(H2,18,22). The Morgan fingerprint density at radius 2 is 1.91 bits per heavy atom. The molecule has 5 nitrogen and oxygen atoms in total. The van der Waals surface area contributed by atoms with Crippen LogP contribution in [-0.2, 0) is 17.8 Å². The van der Waals surface area contributed by atoms with E-state index in [9.17, 15) is 4.79 Å². The first-order valence-electron chi connectivity index (χ1n) is 7.89. The van der Waals surface area contributed by atoms with Crippen LogP contribution in [0.1, 0.15) is 43.8 Å². The minimum atomic E-state index is -0.309. The van der Waals surface area contributed by atoms with Crippen molar-refractivity contribution < 1.29 is 4.79 Å². The summed E-state index contributed by atoms with van der Waals surface area (Å²) in [7, 11) is 0. The lowest BCUT2D eigenvalue weighted by Crippen LogP contribution is -2.15. The summed E-state index contributed by atoms with van der Waals surface area (Å²) < 4.78 is 2.12. The Bertz CT molecular complexity index is 639. The third-order valence-electron chi connectivity index (χ3n) is 3.49. The number of primary amides is 1. The van der Waals surface area contributed by atoms with Crippen LogP contribution in [0.25, 0.3) is 0 Å². The van der Waals surface area contributed by atoms with Gasteiger partial charge in [-0.1, -0.05) is 55.9 Å². The molecule has 2 aromatic rings. The molecule has 1 aromatic carbocycles. The molecule has 0 radical (unpaired) electrons. The van der Waals surface area contributed by atoms with E-state index in [4.69, 9.17) is 5.73 Å². The third-order valence-corrected chi connectivity index (χ3v) is 4.63. The number of nitrogens with zero attached hydrogens (tertiary/aromatic N) is 3. The topological polar surface area (TPSA) is 73.8 Å². The van der Waals surface area contributed by atoms with Crippen LogP contribution in [0.15, 0.2) is 35.5 Å². The van der Waals surface area contributed by atoms with E-state index in [1.54, 1.807) is 11.8 Å².